The van der Waals surface area contributed by atoms with E-state index < -0.39 is 0 Å². The zero-order valence-corrected chi connectivity index (χ0v) is 22.0. The Hall–Kier alpha value is -4.66. The van der Waals surface area contributed by atoms with Crippen LogP contribution in [0.3, 0.4) is 0 Å². The second kappa shape index (κ2) is 7.92. The van der Waals surface area contributed by atoms with E-state index in [9.17, 15) is 0 Å². The van der Waals surface area contributed by atoms with Crippen molar-refractivity contribution < 1.29 is 0 Å². The fourth-order valence-electron chi connectivity index (χ4n) is 6.85. The highest BCUT2D eigenvalue weighted by Gasteiger charge is 2.32. The molecular weight excluding hydrogens is 490 g/mol. The average Bonchev–Trinajstić information content (AvgIpc) is 3.65. The molecule has 1 aliphatic carbocycles. The highest BCUT2D eigenvalue weighted by atomic mass is 32.1. The molecule has 182 valence electrons. The van der Waals surface area contributed by atoms with Crippen molar-refractivity contribution in [3.8, 4) is 16.8 Å². The van der Waals surface area contributed by atoms with Gasteiger partial charge in [-0.15, -0.1) is 11.3 Å². The van der Waals surface area contributed by atoms with Gasteiger partial charge in [-0.1, -0.05) is 97.1 Å². The second-order valence-electron chi connectivity index (χ2n) is 10.5. The van der Waals surface area contributed by atoms with Crippen LogP contribution in [0.4, 0.5) is 0 Å². The van der Waals surface area contributed by atoms with Crippen LogP contribution in [0, 0.1) is 0 Å². The summed E-state index contributed by atoms with van der Waals surface area (Å²) in [5, 5.41) is 5.33. The molecule has 2 heteroatoms. The van der Waals surface area contributed by atoms with E-state index in [0.717, 1.165) is 0 Å². The van der Waals surface area contributed by atoms with Gasteiger partial charge in [0.25, 0.3) is 0 Å². The molecule has 1 aliphatic rings. The average molecular weight is 514 g/mol. The number of thiophene rings is 1. The molecule has 6 aromatic carbocycles. The Kier molecular flexibility index (Phi) is 4.33. The van der Waals surface area contributed by atoms with Crippen LogP contribution in [0.25, 0.3) is 58.8 Å². The smallest absolute Gasteiger partial charge is 0.0541 e. The van der Waals surface area contributed by atoms with Crippen LogP contribution in [0.5, 0.6) is 0 Å². The number of nitrogens with zero attached hydrogens (tertiary/aromatic N) is 1. The van der Waals surface area contributed by atoms with Crippen molar-refractivity contribution in [1.82, 2.24) is 4.57 Å². The molecule has 39 heavy (non-hydrogen) atoms. The highest BCUT2D eigenvalue weighted by Crippen LogP contribution is 2.53. The third-order valence-corrected chi connectivity index (χ3v) is 9.68. The van der Waals surface area contributed by atoms with Gasteiger partial charge >= 0.3 is 0 Å². The zero-order chi connectivity index (χ0) is 25.5. The number of rotatable bonds is 2. The molecular formula is C37H23NS. The Morgan fingerprint density at radius 2 is 1.26 bits per heavy atom. The van der Waals surface area contributed by atoms with Crippen LogP contribution in [0.15, 0.2) is 133 Å². The van der Waals surface area contributed by atoms with Gasteiger partial charge in [0, 0.05) is 48.1 Å². The Balaban J connectivity index is 1.32. The summed E-state index contributed by atoms with van der Waals surface area (Å²) in [7, 11) is 0. The minimum Gasteiger partial charge on any atom is -0.309 e. The monoisotopic (exact) mass is 513 g/mol. The minimum atomic E-state index is 0.217. The SMILES string of the molecule is c1ccc(-n2c3ccccc3c3cc(C4c5ccccc5-c5c4ccc4c5sc5ccccc54)ccc32)cc1. The summed E-state index contributed by atoms with van der Waals surface area (Å²) in [6.07, 6.45) is 0. The molecule has 2 aromatic heterocycles. The lowest BCUT2D eigenvalue weighted by Crippen LogP contribution is -1.99. The van der Waals surface area contributed by atoms with E-state index in [-0.39, 0.29) is 5.92 Å². The van der Waals surface area contributed by atoms with Crippen LogP contribution in [-0.2, 0) is 0 Å². The normalized spacial score (nSPS) is 14.4. The van der Waals surface area contributed by atoms with Crippen molar-refractivity contribution in [2.24, 2.45) is 0 Å². The molecule has 0 fully saturated rings. The lowest BCUT2D eigenvalue weighted by molar-refractivity contribution is 1.02. The fourth-order valence-corrected chi connectivity index (χ4v) is 8.12. The van der Waals surface area contributed by atoms with Crippen molar-refractivity contribution in [2.75, 3.05) is 0 Å². The van der Waals surface area contributed by atoms with E-state index in [2.05, 4.69) is 138 Å². The van der Waals surface area contributed by atoms with Gasteiger partial charge in [0.1, 0.15) is 0 Å². The van der Waals surface area contributed by atoms with E-state index >= 15 is 0 Å². The summed E-state index contributed by atoms with van der Waals surface area (Å²) in [6, 6.07) is 49.2. The maximum Gasteiger partial charge on any atom is 0.0541 e. The standard InChI is InChI=1S/C37H23NS/c1-2-10-24(11-3-1)38-32-16-8-6-12-25(32)31-22-23(18-21-33(31)38)35-27-14-4-5-15-28(27)36-30(35)20-19-29-26-13-7-9-17-34(26)39-37(29)36/h1-22,35H. The van der Waals surface area contributed by atoms with Crippen molar-refractivity contribution in [2.45, 2.75) is 5.92 Å². The first kappa shape index (κ1) is 21.3. The summed E-state index contributed by atoms with van der Waals surface area (Å²) in [4.78, 5) is 0. The first-order valence-electron chi connectivity index (χ1n) is 13.5. The molecule has 0 aliphatic heterocycles. The fraction of sp³-hybridized carbons (Fsp3) is 0.0270. The van der Waals surface area contributed by atoms with Gasteiger partial charge in [-0.05, 0) is 58.7 Å². The molecule has 0 bridgehead atoms. The first-order valence-corrected chi connectivity index (χ1v) is 14.3. The van der Waals surface area contributed by atoms with Crippen molar-refractivity contribution in [3.63, 3.8) is 0 Å². The number of fused-ring (bicyclic) bond motifs is 10. The van der Waals surface area contributed by atoms with Gasteiger partial charge < -0.3 is 4.57 Å². The van der Waals surface area contributed by atoms with Crippen LogP contribution < -0.4 is 0 Å². The Morgan fingerprint density at radius 1 is 0.513 bits per heavy atom. The predicted molar refractivity (Wildman–Crippen MR) is 166 cm³/mol. The van der Waals surface area contributed by atoms with Gasteiger partial charge in [0.2, 0.25) is 0 Å². The van der Waals surface area contributed by atoms with E-state index in [0.29, 0.717) is 0 Å². The van der Waals surface area contributed by atoms with Crippen LogP contribution in [-0.4, -0.2) is 4.57 Å². The van der Waals surface area contributed by atoms with E-state index in [1.54, 1.807) is 0 Å². The summed E-state index contributed by atoms with van der Waals surface area (Å²) in [5.74, 6) is 0.217. The number of hydrogen-bond donors (Lipinski definition) is 0. The molecule has 0 saturated heterocycles. The van der Waals surface area contributed by atoms with Gasteiger partial charge in [0.15, 0.2) is 0 Å². The maximum absolute atomic E-state index is 2.45. The quantitative estimate of drug-likeness (QED) is 0.217. The lowest BCUT2D eigenvalue weighted by atomic mass is 9.88. The molecule has 0 N–H and O–H groups in total. The van der Waals surface area contributed by atoms with Gasteiger partial charge in [-0.3, -0.25) is 0 Å². The van der Waals surface area contributed by atoms with Gasteiger partial charge in [0.05, 0.1) is 11.0 Å². The highest BCUT2D eigenvalue weighted by molar-refractivity contribution is 7.26. The molecule has 9 rings (SSSR count). The van der Waals surface area contributed by atoms with Crippen molar-refractivity contribution in [1.29, 1.82) is 0 Å². The maximum atomic E-state index is 2.45. The third-order valence-electron chi connectivity index (χ3n) is 8.48. The first-order chi connectivity index (χ1) is 19.4. The van der Waals surface area contributed by atoms with Crippen LogP contribution in [0.2, 0.25) is 0 Å². The summed E-state index contributed by atoms with van der Waals surface area (Å²) >= 11 is 1.93. The number of benzene rings is 6. The summed E-state index contributed by atoms with van der Waals surface area (Å²) in [6.45, 7) is 0. The summed E-state index contributed by atoms with van der Waals surface area (Å²) in [5.41, 5.74) is 10.7. The molecule has 0 spiro atoms. The Labute approximate surface area is 230 Å². The molecule has 0 radical (unpaired) electrons. The van der Waals surface area contributed by atoms with Crippen molar-refractivity contribution in [3.05, 3.63) is 150 Å². The molecule has 1 nitrogen and oxygen atoms in total. The van der Waals surface area contributed by atoms with E-state index in [4.69, 9.17) is 0 Å². The molecule has 0 saturated carbocycles. The molecule has 1 unspecified atom stereocenters. The Bertz CT molecular complexity index is 2230. The van der Waals surface area contributed by atoms with E-state index in [1.165, 1.54) is 75.5 Å². The van der Waals surface area contributed by atoms with Crippen molar-refractivity contribution >= 4 is 53.3 Å². The summed E-state index contributed by atoms with van der Waals surface area (Å²) < 4.78 is 5.16. The number of aromatic nitrogens is 1. The molecule has 1 atom stereocenters. The second-order valence-corrected chi connectivity index (χ2v) is 11.5. The molecule has 8 aromatic rings. The van der Waals surface area contributed by atoms with Gasteiger partial charge in [-0.2, -0.15) is 0 Å². The molecule has 2 heterocycles. The number of hydrogen-bond acceptors (Lipinski definition) is 1. The molecule has 0 amide bonds. The minimum absolute atomic E-state index is 0.217. The zero-order valence-electron chi connectivity index (χ0n) is 21.1. The van der Waals surface area contributed by atoms with Crippen LogP contribution >= 0.6 is 11.3 Å². The topological polar surface area (TPSA) is 4.93 Å². The largest absolute Gasteiger partial charge is 0.309 e. The van der Waals surface area contributed by atoms with Gasteiger partial charge in [-0.25, -0.2) is 0 Å². The lowest BCUT2D eigenvalue weighted by Gasteiger charge is -2.15. The van der Waals surface area contributed by atoms with E-state index in [1.807, 2.05) is 11.3 Å². The third kappa shape index (κ3) is 2.90. The predicted octanol–water partition coefficient (Wildman–Crippen LogP) is 10.3. The number of para-hydroxylation sites is 2. The Morgan fingerprint density at radius 3 is 2.18 bits per heavy atom. The van der Waals surface area contributed by atoms with Crippen LogP contribution in [0.1, 0.15) is 22.6 Å².